The van der Waals surface area contributed by atoms with Crippen molar-refractivity contribution in [3.63, 3.8) is 0 Å². The molecule has 2 N–H and O–H groups in total. The summed E-state index contributed by atoms with van der Waals surface area (Å²) >= 11 is 6.01. The van der Waals surface area contributed by atoms with Crippen LogP contribution in [-0.2, 0) is 27.5 Å². The second kappa shape index (κ2) is 9.47. The molecular formula is C25H26ClN5O3S. The normalized spacial score (nSPS) is 16.8. The van der Waals surface area contributed by atoms with E-state index in [9.17, 15) is 13.2 Å². The molecule has 5 rings (SSSR count). The van der Waals surface area contributed by atoms with Crippen molar-refractivity contribution in [3.05, 3.63) is 70.4 Å². The Morgan fingerprint density at radius 2 is 1.80 bits per heavy atom. The first-order valence-corrected chi connectivity index (χ1v) is 13.6. The summed E-state index contributed by atoms with van der Waals surface area (Å²) in [6.45, 7) is 1.50. The minimum absolute atomic E-state index is 0.0715. The van der Waals surface area contributed by atoms with Gasteiger partial charge in [0.05, 0.1) is 17.9 Å². The Balaban J connectivity index is 1.41. The first-order valence-electron chi connectivity index (χ1n) is 11.5. The molecule has 3 heterocycles. The van der Waals surface area contributed by atoms with E-state index in [2.05, 4.69) is 25.5 Å². The summed E-state index contributed by atoms with van der Waals surface area (Å²) in [5.41, 5.74) is 3.33. The third-order valence-electron chi connectivity index (χ3n) is 6.43. The van der Waals surface area contributed by atoms with E-state index in [1.54, 1.807) is 7.05 Å². The lowest BCUT2D eigenvalue weighted by atomic mass is 9.92. The number of fused-ring (bicyclic) bond motifs is 1. The van der Waals surface area contributed by atoms with Gasteiger partial charge < -0.3 is 15.5 Å². The Morgan fingerprint density at radius 1 is 1.09 bits per heavy atom. The van der Waals surface area contributed by atoms with E-state index >= 15 is 0 Å². The Bertz CT molecular complexity index is 1360. The van der Waals surface area contributed by atoms with Crippen molar-refractivity contribution in [2.75, 3.05) is 36.1 Å². The van der Waals surface area contributed by atoms with Crippen molar-refractivity contribution < 1.29 is 13.2 Å². The highest BCUT2D eigenvalue weighted by Gasteiger charge is 2.34. The van der Waals surface area contributed by atoms with Crippen molar-refractivity contribution in [1.82, 2.24) is 15.3 Å². The van der Waals surface area contributed by atoms with E-state index in [0.717, 1.165) is 18.7 Å². The minimum Gasteiger partial charge on any atom is -0.359 e. The van der Waals surface area contributed by atoms with Gasteiger partial charge in [-0.1, -0.05) is 35.9 Å². The van der Waals surface area contributed by atoms with Crippen LogP contribution in [0.2, 0.25) is 5.02 Å². The Kier molecular flexibility index (Phi) is 6.37. The maximum Gasteiger partial charge on any atom is 0.227 e. The summed E-state index contributed by atoms with van der Waals surface area (Å²) < 4.78 is 25.9. The number of aryl methyl sites for hydroxylation is 1. The molecule has 0 saturated carbocycles. The molecule has 2 aliphatic heterocycles. The fraction of sp³-hybridized carbons (Fsp3) is 0.320. The van der Waals surface area contributed by atoms with Crippen LogP contribution >= 0.6 is 11.6 Å². The average Bonchev–Trinajstić information content (AvgIpc) is 2.80. The van der Waals surface area contributed by atoms with Crippen LogP contribution in [0.25, 0.3) is 0 Å². The van der Waals surface area contributed by atoms with Crippen molar-refractivity contribution in [2.45, 2.75) is 30.1 Å². The molecule has 1 amide bonds. The van der Waals surface area contributed by atoms with Gasteiger partial charge in [0.2, 0.25) is 11.9 Å². The molecule has 0 unspecified atom stereocenters. The number of anilines is 3. The highest BCUT2D eigenvalue weighted by Crippen LogP contribution is 2.36. The summed E-state index contributed by atoms with van der Waals surface area (Å²) in [7, 11) is -1.88. The van der Waals surface area contributed by atoms with E-state index in [1.165, 1.54) is 5.56 Å². The van der Waals surface area contributed by atoms with Crippen LogP contribution < -0.4 is 15.5 Å². The van der Waals surface area contributed by atoms with Crippen molar-refractivity contribution >= 4 is 44.8 Å². The van der Waals surface area contributed by atoms with Gasteiger partial charge in [0.25, 0.3) is 0 Å². The number of nitrogens with one attached hydrogen (secondary N) is 2. The van der Waals surface area contributed by atoms with Crippen LogP contribution in [0.1, 0.15) is 29.2 Å². The third kappa shape index (κ3) is 4.97. The molecule has 2 aliphatic rings. The molecule has 0 bridgehead atoms. The predicted octanol–water partition coefficient (Wildman–Crippen LogP) is 3.49. The second-order valence-corrected chi connectivity index (χ2v) is 11.4. The van der Waals surface area contributed by atoms with Crippen LogP contribution in [0.5, 0.6) is 0 Å². The van der Waals surface area contributed by atoms with Gasteiger partial charge >= 0.3 is 0 Å². The summed E-state index contributed by atoms with van der Waals surface area (Å²) in [4.78, 5) is 23.2. The average molecular weight is 512 g/mol. The van der Waals surface area contributed by atoms with Crippen LogP contribution in [-0.4, -0.2) is 50.2 Å². The van der Waals surface area contributed by atoms with E-state index in [4.69, 9.17) is 11.6 Å². The topological polar surface area (TPSA) is 104 Å². The fourth-order valence-electron chi connectivity index (χ4n) is 4.44. The number of hydrogen-bond donors (Lipinski definition) is 2. The summed E-state index contributed by atoms with van der Waals surface area (Å²) in [5, 5.41) is 6.52. The Labute approximate surface area is 209 Å². The molecule has 0 spiro atoms. The van der Waals surface area contributed by atoms with Gasteiger partial charge in [0, 0.05) is 36.8 Å². The van der Waals surface area contributed by atoms with E-state index < -0.39 is 9.84 Å². The van der Waals surface area contributed by atoms with Gasteiger partial charge in [-0.3, -0.25) is 4.79 Å². The lowest BCUT2D eigenvalue weighted by Crippen LogP contribution is -2.46. The summed E-state index contributed by atoms with van der Waals surface area (Å²) in [6, 6.07) is 15.2. The molecule has 0 aliphatic carbocycles. The van der Waals surface area contributed by atoms with Crippen molar-refractivity contribution in [3.8, 4) is 0 Å². The molecule has 0 radical (unpaired) electrons. The molecule has 8 nitrogen and oxygen atoms in total. The molecule has 182 valence electrons. The number of amides is 1. The monoisotopic (exact) mass is 511 g/mol. The first kappa shape index (κ1) is 23.6. The zero-order valence-corrected chi connectivity index (χ0v) is 20.9. The van der Waals surface area contributed by atoms with Gasteiger partial charge in [-0.15, -0.1) is 0 Å². The Morgan fingerprint density at radius 3 is 2.49 bits per heavy atom. The molecule has 1 fully saturated rings. The zero-order chi connectivity index (χ0) is 24.6. The Hall–Kier alpha value is -3.17. The second-order valence-electron chi connectivity index (χ2n) is 8.90. The van der Waals surface area contributed by atoms with Crippen molar-refractivity contribution in [2.24, 2.45) is 0 Å². The SMILES string of the molecule is CNC(=O)Cc1ccc(Nc2nc(N3CC(c4ccc(Cl)cc4)C3)nc3c2S(=O)(=O)CCC3)cc1. The quantitative estimate of drug-likeness (QED) is 0.522. The van der Waals surface area contributed by atoms with Gasteiger partial charge in [-0.05, 0) is 48.2 Å². The van der Waals surface area contributed by atoms with Gasteiger partial charge in [-0.2, -0.15) is 4.98 Å². The number of halogens is 1. The zero-order valence-electron chi connectivity index (χ0n) is 19.3. The number of sulfone groups is 1. The van der Waals surface area contributed by atoms with Crippen molar-refractivity contribution in [1.29, 1.82) is 0 Å². The van der Waals surface area contributed by atoms with E-state index in [0.29, 0.717) is 46.9 Å². The fourth-order valence-corrected chi connectivity index (χ4v) is 6.19. The molecule has 1 saturated heterocycles. The smallest absolute Gasteiger partial charge is 0.227 e. The molecular weight excluding hydrogens is 486 g/mol. The molecule has 35 heavy (non-hydrogen) atoms. The lowest BCUT2D eigenvalue weighted by molar-refractivity contribution is -0.119. The molecule has 10 heteroatoms. The number of nitrogens with zero attached hydrogens (tertiary/aromatic N) is 3. The summed E-state index contributed by atoms with van der Waals surface area (Å²) in [6.07, 6.45) is 1.42. The number of carbonyl (C=O) groups is 1. The van der Waals surface area contributed by atoms with Crippen LogP contribution in [0.15, 0.2) is 53.4 Å². The van der Waals surface area contributed by atoms with Gasteiger partial charge in [-0.25, -0.2) is 13.4 Å². The molecule has 3 aromatic rings. The van der Waals surface area contributed by atoms with E-state index in [-0.39, 0.29) is 23.0 Å². The first-order chi connectivity index (χ1) is 16.8. The van der Waals surface area contributed by atoms with Crippen LogP contribution in [0.4, 0.5) is 17.5 Å². The predicted molar refractivity (Wildman–Crippen MR) is 136 cm³/mol. The number of likely N-dealkylation sites (N-methyl/N-ethyl adjacent to an activating group) is 1. The van der Waals surface area contributed by atoms with E-state index in [1.807, 2.05) is 48.5 Å². The standard InChI is InChI=1S/C25H26ClN5O3S/c1-27-22(32)13-16-4-10-20(11-5-16)28-24-23-21(3-2-12-35(23,33)34)29-25(30-24)31-14-18(15-31)17-6-8-19(26)9-7-17/h4-11,18H,2-3,12-15H2,1H3,(H,27,32)(H,28,29,30). The van der Waals surface area contributed by atoms with Gasteiger partial charge in [0.15, 0.2) is 15.7 Å². The molecule has 1 aromatic heterocycles. The molecule has 2 aromatic carbocycles. The number of rotatable bonds is 6. The number of aromatic nitrogens is 2. The molecule has 0 atom stereocenters. The van der Waals surface area contributed by atoms with Crippen LogP contribution in [0, 0.1) is 0 Å². The van der Waals surface area contributed by atoms with Crippen LogP contribution in [0.3, 0.4) is 0 Å². The van der Waals surface area contributed by atoms with Gasteiger partial charge in [0.1, 0.15) is 4.90 Å². The highest BCUT2D eigenvalue weighted by molar-refractivity contribution is 7.91. The maximum atomic E-state index is 12.9. The largest absolute Gasteiger partial charge is 0.359 e. The number of hydrogen-bond acceptors (Lipinski definition) is 7. The minimum atomic E-state index is -3.48. The lowest BCUT2D eigenvalue weighted by Gasteiger charge is -2.40. The maximum absolute atomic E-state index is 12.9. The summed E-state index contributed by atoms with van der Waals surface area (Å²) in [5.74, 6) is 1.20. The highest BCUT2D eigenvalue weighted by atomic mass is 35.5. The number of carbonyl (C=O) groups excluding carboxylic acids is 1. The number of benzene rings is 2. The third-order valence-corrected chi connectivity index (χ3v) is 8.56.